The third-order valence-corrected chi connectivity index (χ3v) is 3.56. The molecule has 0 aliphatic carbocycles. The van der Waals surface area contributed by atoms with Gasteiger partial charge in [-0.25, -0.2) is 0 Å². The monoisotopic (exact) mass is 320 g/mol. The van der Waals surface area contributed by atoms with Crippen molar-refractivity contribution in [3.8, 4) is 0 Å². The van der Waals surface area contributed by atoms with E-state index < -0.39 is 0 Å². The molecule has 0 saturated carbocycles. The average molecular weight is 321 g/mol. The quantitative estimate of drug-likeness (QED) is 0.788. The average Bonchev–Trinajstić information content (AvgIpc) is 2.81. The fourth-order valence-corrected chi connectivity index (χ4v) is 2.43. The highest BCUT2D eigenvalue weighted by Crippen LogP contribution is 2.15. The highest BCUT2D eigenvalue weighted by atomic mass is 79.9. The van der Waals surface area contributed by atoms with Gasteiger partial charge in [-0.05, 0) is 31.5 Å². The van der Waals surface area contributed by atoms with Crippen molar-refractivity contribution in [1.29, 1.82) is 0 Å². The summed E-state index contributed by atoms with van der Waals surface area (Å²) < 4.78 is 2.84. The van der Waals surface area contributed by atoms with E-state index in [1.165, 1.54) is 0 Å². The van der Waals surface area contributed by atoms with Crippen LogP contribution < -0.4 is 0 Å². The van der Waals surface area contributed by atoms with E-state index in [1.54, 1.807) is 0 Å². The van der Waals surface area contributed by atoms with Crippen molar-refractivity contribution in [2.75, 3.05) is 0 Å². The van der Waals surface area contributed by atoms with Gasteiger partial charge >= 0.3 is 0 Å². The highest BCUT2D eigenvalue weighted by molar-refractivity contribution is 9.10. The van der Waals surface area contributed by atoms with Crippen molar-refractivity contribution in [2.45, 2.75) is 33.2 Å². The topological polar surface area (TPSA) is 34.9 Å². The molecule has 0 fully saturated rings. The first kappa shape index (κ1) is 14.0. The van der Waals surface area contributed by atoms with Gasteiger partial charge in [-0.2, -0.15) is 5.10 Å². The molecule has 19 heavy (non-hydrogen) atoms. The molecule has 2 aromatic rings. The van der Waals surface area contributed by atoms with E-state index in [-0.39, 0.29) is 5.78 Å². The van der Waals surface area contributed by atoms with Gasteiger partial charge in [-0.1, -0.05) is 35.0 Å². The van der Waals surface area contributed by atoms with Crippen LogP contribution in [0.3, 0.4) is 0 Å². The minimum atomic E-state index is 0.124. The summed E-state index contributed by atoms with van der Waals surface area (Å²) in [4.78, 5) is 12.3. The van der Waals surface area contributed by atoms with Crippen LogP contribution in [0.4, 0.5) is 0 Å². The van der Waals surface area contributed by atoms with Gasteiger partial charge < -0.3 is 0 Å². The summed E-state index contributed by atoms with van der Waals surface area (Å²) in [5.74, 6) is 0.124. The van der Waals surface area contributed by atoms with Crippen LogP contribution in [0, 0.1) is 0 Å². The lowest BCUT2D eigenvalue weighted by atomic mass is 10.1. The van der Waals surface area contributed by atoms with Gasteiger partial charge in [0.2, 0.25) is 0 Å². The normalized spacial score (nSPS) is 10.7. The van der Waals surface area contributed by atoms with Crippen LogP contribution in [-0.2, 0) is 19.4 Å². The molecule has 0 bridgehead atoms. The summed E-state index contributed by atoms with van der Waals surface area (Å²) in [6, 6.07) is 9.53. The third-order valence-electron chi connectivity index (χ3n) is 3.06. The van der Waals surface area contributed by atoms with Crippen LogP contribution in [0.15, 0.2) is 34.8 Å². The zero-order valence-electron chi connectivity index (χ0n) is 11.2. The Morgan fingerprint density at radius 2 is 2.11 bits per heavy atom. The number of hydrogen-bond acceptors (Lipinski definition) is 2. The molecular formula is C15H17BrN2O. The van der Waals surface area contributed by atoms with Crippen LogP contribution in [0.2, 0.25) is 0 Å². The fourth-order valence-electron chi connectivity index (χ4n) is 2.03. The maximum atomic E-state index is 12.3. The van der Waals surface area contributed by atoms with Crippen molar-refractivity contribution in [3.05, 3.63) is 51.8 Å². The number of benzene rings is 1. The van der Waals surface area contributed by atoms with Gasteiger partial charge in [0.1, 0.15) is 0 Å². The van der Waals surface area contributed by atoms with Crippen molar-refractivity contribution in [2.24, 2.45) is 0 Å². The Kier molecular flexibility index (Phi) is 4.53. The standard InChI is InChI=1S/C15H17BrN2O/c1-3-13-9-14(18(4-2)17-13)10-15(19)11-6-5-7-12(16)8-11/h5-9H,3-4,10H2,1-2H3. The number of carbonyl (C=O) groups excluding carboxylic acids is 1. The lowest BCUT2D eigenvalue weighted by Crippen LogP contribution is -2.09. The van der Waals surface area contributed by atoms with Gasteiger partial charge in [0.15, 0.2) is 5.78 Å². The van der Waals surface area contributed by atoms with Gasteiger partial charge in [0.05, 0.1) is 12.1 Å². The second-order valence-electron chi connectivity index (χ2n) is 4.41. The highest BCUT2D eigenvalue weighted by Gasteiger charge is 2.12. The molecule has 2 rings (SSSR count). The molecule has 0 radical (unpaired) electrons. The molecular weight excluding hydrogens is 304 g/mol. The first-order chi connectivity index (χ1) is 9.13. The molecule has 0 atom stereocenters. The Hall–Kier alpha value is -1.42. The largest absolute Gasteiger partial charge is 0.294 e. The van der Waals surface area contributed by atoms with Crippen molar-refractivity contribution in [3.63, 3.8) is 0 Å². The first-order valence-corrected chi connectivity index (χ1v) is 7.27. The Bertz CT molecular complexity index is 590. The molecule has 0 aliphatic rings. The van der Waals surface area contributed by atoms with Crippen LogP contribution in [0.5, 0.6) is 0 Å². The summed E-state index contributed by atoms with van der Waals surface area (Å²) >= 11 is 3.39. The molecule has 0 amide bonds. The summed E-state index contributed by atoms with van der Waals surface area (Å²) in [6.45, 7) is 4.91. The number of carbonyl (C=O) groups is 1. The maximum Gasteiger partial charge on any atom is 0.168 e. The molecule has 0 saturated heterocycles. The predicted octanol–water partition coefficient (Wildman–Crippen LogP) is 3.65. The molecule has 1 heterocycles. The van der Waals surface area contributed by atoms with E-state index in [1.807, 2.05) is 41.9 Å². The minimum absolute atomic E-state index is 0.124. The zero-order valence-corrected chi connectivity index (χ0v) is 12.8. The molecule has 0 aliphatic heterocycles. The number of halogens is 1. The van der Waals surface area contributed by atoms with Gasteiger partial charge in [0.25, 0.3) is 0 Å². The lowest BCUT2D eigenvalue weighted by molar-refractivity contribution is 0.0990. The number of aryl methyl sites for hydroxylation is 2. The van der Waals surface area contributed by atoms with Crippen molar-refractivity contribution >= 4 is 21.7 Å². The summed E-state index contributed by atoms with van der Waals surface area (Å²) in [5, 5.41) is 4.47. The van der Waals surface area contributed by atoms with Crippen molar-refractivity contribution in [1.82, 2.24) is 9.78 Å². The summed E-state index contributed by atoms with van der Waals surface area (Å²) in [5.41, 5.74) is 2.76. The summed E-state index contributed by atoms with van der Waals surface area (Å²) in [6.07, 6.45) is 1.29. The SMILES string of the molecule is CCc1cc(CC(=O)c2cccc(Br)c2)n(CC)n1. The van der Waals surface area contributed by atoms with Gasteiger partial charge in [-0.3, -0.25) is 9.48 Å². The molecule has 1 aromatic heterocycles. The number of ketones is 1. The van der Waals surface area contributed by atoms with E-state index in [0.29, 0.717) is 6.42 Å². The van der Waals surface area contributed by atoms with Crippen LogP contribution >= 0.6 is 15.9 Å². The molecule has 0 unspecified atom stereocenters. The maximum absolute atomic E-state index is 12.3. The Labute approximate surface area is 121 Å². The van der Waals surface area contributed by atoms with Crippen molar-refractivity contribution < 1.29 is 4.79 Å². The molecule has 4 heteroatoms. The third kappa shape index (κ3) is 3.32. The number of hydrogen-bond donors (Lipinski definition) is 0. The van der Waals surface area contributed by atoms with E-state index in [0.717, 1.165) is 34.4 Å². The fraction of sp³-hybridized carbons (Fsp3) is 0.333. The van der Waals surface area contributed by atoms with Crippen LogP contribution in [0.1, 0.15) is 35.6 Å². The number of Topliss-reactive ketones (excluding diaryl/α,β-unsaturated/α-hetero) is 1. The number of aromatic nitrogens is 2. The van der Waals surface area contributed by atoms with E-state index in [2.05, 4.69) is 28.0 Å². The molecule has 0 N–H and O–H groups in total. The van der Waals surface area contributed by atoms with E-state index >= 15 is 0 Å². The van der Waals surface area contributed by atoms with E-state index in [9.17, 15) is 4.79 Å². The Balaban J connectivity index is 2.21. The van der Waals surface area contributed by atoms with E-state index in [4.69, 9.17) is 0 Å². The summed E-state index contributed by atoms with van der Waals surface area (Å²) in [7, 11) is 0. The smallest absolute Gasteiger partial charge is 0.168 e. The number of nitrogens with zero attached hydrogens (tertiary/aromatic N) is 2. The molecule has 3 nitrogen and oxygen atoms in total. The Morgan fingerprint density at radius 1 is 1.32 bits per heavy atom. The zero-order chi connectivity index (χ0) is 13.8. The second-order valence-corrected chi connectivity index (χ2v) is 5.32. The lowest BCUT2D eigenvalue weighted by Gasteiger charge is -2.04. The predicted molar refractivity (Wildman–Crippen MR) is 79.5 cm³/mol. The number of rotatable bonds is 5. The second kappa shape index (κ2) is 6.15. The van der Waals surface area contributed by atoms with Gasteiger partial charge in [0, 0.05) is 22.3 Å². The Morgan fingerprint density at radius 3 is 2.74 bits per heavy atom. The molecule has 100 valence electrons. The minimum Gasteiger partial charge on any atom is -0.294 e. The van der Waals surface area contributed by atoms with Gasteiger partial charge in [-0.15, -0.1) is 0 Å². The van der Waals surface area contributed by atoms with Crippen LogP contribution in [0.25, 0.3) is 0 Å². The first-order valence-electron chi connectivity index (χ1n) is 6.48. The van der Waals surface area contributed by atoms with Crippen LogP contribution in [-0.4, -0.2) is 15.6 Å². The molecule has 0 spiro atoms. The molecule has 1 aromatic carbocycles.